The molecule has 0 N–H and O–H groups in total. The first-order chi connectivity index (χ1) is 6.89. The van der Waals surface area contributed by atoms with E-state index in [4.69, 9.17) is 24.4 Å². The van der Waals surface area contributed by atoms with Crippen molar-refractivity contribution in [3.05, 3.63) is 0 Å². The Morgan fingerprint density at radius 3 is 2.53 bits per heavy atom. The Balaban J connectivity index is 4.69. The van der Waals surface area contributed by atoms with Gasteiger partial charge in [-0.15, -0.1) is 26.4 Å². The lowest BCUT2D eigenvalue weighted by molar-refractivity contribution is 0.150. The van der Waals surface area contributed by atoms with Crippen LogP contribution in [0.4, 0.5) is 0 Å². The lowest BCUT2D eigenvalue weighted by Gasteiger charge is -2.26. The van der Waals surface area contributed by atoms with Crippen LogP contribution in [0.25, 0.3) is 0 Å². The molecule has 0 aliphatic heterocycles. The summed E-state index contributed by atoms with van der Waals surface area (Å²) in [5.41, 5.74) is 0. The van der Waals surface area contributed by atoms with Crippen molar-refractivity contribution in [3.63, 3.8) is 0 Å². The van der Waals surface area contributed by atoms with Crippen molar-refractivity contribution in [2.24, 2.45) is 0 Å². The summed E-state index contributed by atoms with van der Waals surface area (Å²) in [6.45, 7) is 5.85. The Hall–Kier alpha value is 1.28. The second-order valence-corrected chi connectivity index (χ2v) is 25.1. The van der Waals surface area contributed by atoms with Gasteiger partial charge in [0.1, 0.15) is 0 Å². The summed E-state index contributed by atoms with van der Waals surface area (Å²) in [6.07, 6.45) is 2.52. The van der Waals surface area contributed by atoms with Crippen molar-refractivity contribution in [1.29, 1.82) is 0 Å². The molecular formula is C6H11BBrClIO3Si2. The van der Waals surface area contributed by atoms with Crippen LogP contribution in [0.2, 0.25) is 0 Å². The highest BCUT2D eigenvalue weighted by Crippen LogP contribution is 2.27. The van der Waals surface area contributed by atoms with Gasteiger partial charge in [-0.25, -0.2) is 0 Å². The van der Waals surface area contributed by atoms with E-state index in [-0.39, 0.29) is 0 Å². The summed E-state index contributed by atoms with van der Waals surface area (Å²) in [4.78, 5) is 0. The molecule has 3 nitrogen and oxygen atoms in total. The molecule has 0 fully saturated rings. The minimum absolute atomic E-state index is 0.493. The van der Waals surface area contributed by atoms with Gasteiger partial charge in [-0.1, -0.05) is 27.7 Å². The SMILES string of the molecule is CC#CO[Si]([B][Si](Cl)(Br)I)(OC)OCC. The van der Waals surface area contributed by atoms with E-state index in [1.807, 2.05) is 6.92 Å². The molecule has 0 aliphatic carbocycles. The fourth-order valence-electron chi connectivity index (χ4n) is 0.784. The van der Waals surface area contributed by atoms with Gasteiger partial charge in [0.2, 0.25) is 0 Å². The Kier molecular flexibility index (Phi) is 8.22. The van der Waals surface area contributed by atoms with Crippen molar-refractivity contribution < 1.29 is 13.3 Å². The molecule has 0 spiro atoms. The maximum absolute atomic E-state index is 6.14. The number of halogens is 3. The lowest BCUT2D eigenvalue weighted by atomic mass is 10.7. The molecule has 0 bridgehead atoms. The van der Waals surface area contributed by atoms with Crippen LogP contribution < -0.4 is 0 Å². The van der Waals surface area contributed by atoms with Gasteiger partial charge in [0.05, 0.1) is 6.11 Å². The van der Waals surface area contributed by atoms with Gasteiger partial charge in [0, 0.05) is 20.6 Å². The van der Waals surface area contributed by atoms with Crippen LogP contribution in [0.5, 0.6) is 0 Å². The number of rotatable bonds is 6. The van der Waals surface area contributed by atoms with Crippen LogP contribution in [-0.4, -0.2) is 32.2 Å². The zero-order valence-corrected chi connectivity index (χ0v) is 15.1. The third-order valence-electron chi connectivity index (χ3n) is 1.27. The zero-order chi connectivity index (χ0) is 11.9. The molecule has 0 saturated carbocycles. The van der Waals surface area contributed by atoms with E-state index < -0.39 is 12.0 Å². The van der Waals surface area contributed by atoms with E-state index in [1.54, 1.807) is 13.4 Å². The first kappa shape index (κ1) is 16.3. The fraction of sp³-hybridized carbons (Fsp3) is 0.667. The molecule has 9 heteroatoms. The van der Waals surface area contributed by atoms with Crippen LogP contribution >= 0.6 is 48.2 Å². The van der Waals surface area contributed by atoms with E-state index in [1.165, 1.54) is 7.11 Å². The monoisotopic (exact) mass is 439 g/mol. The highest BCUT2D eigenvalue weighted by Gasteiger charge is 2.50. The van der Waals surface area contributed by atoms with Gasteiger partial charge in [0.25, 0.3) is 9.83 Å². The predicted octanol–water partition coefficient (Wildman–Crippen LogP) is 2.31. The van der Waals surface area contributed by atoms with Gasteiger partial charge in [-0.05, 0) is 6.92 Å². The maximum atomic E-state index is 6.14. The standard InChI is InChI=1S/C6H11BBrClIO3Si2/c1-4-6-13-15(11-3,12-5-2)7-14(8,9)10/h5H2,1-3H3. The summed E-state index contributed by atoms with van der Waals surface area (Å²) in [5, 5.41) is 0. The first-order valence-electron chi connectivity index (χ1n) is 4.11. The summed E-state index contributed by atoms with van der Waals surface area (Å²) in [6, 6.07) is 0. The van der Waals surface area contributed by atoms with E-state index >= 15 is 0 Å². The fourth-order valence-corrected chi connectivity index (χ4v) is 11.5. The Labute approximate surface area is 119 Å². The molecule has 0 rings (SSSR count). The highest BCUT2D eigenvalue weighted by atomic mass is 127. The average molecular weight is 440 g/mol. The van der Waals surface area contributed by atoms with Gasteiger partial charge >= 0.3 is 8.67 Å². The van der Waals surface area contributed by atoms with E-state index in [0.717, 1.165) is 0 Å². The van der Waals surface area contributed by atoms with Crippen LogP contribution in [0.3, 0.4) is 0 Å². The second kappa shape index (κ2) is 7.58. The van der Waals surface area contributed by atoms with Gasteiger partial charge < -0.3 is 13.3 Å². The topological polar surface area (TPSA) is 27.7 Å². The molecule has 0 saturated heterocycles. The van der Waals surface area contributed by atoms with Crippen molar-refractivity contribution in [2.45, 2.75) is 13.8 Å². The van der Waals surface area contributed by atoms with Crippen LogP contribution in [0.15, 0.2) is 0 Å². The largest absolute Gasteiger partial charge is 0.508 e. The van der Waals surface area contributed by atoms with Crippen LogP contribution in [0, 0.1) is 12.0 Å². The molecular weight excluding hydrogens is 429 g/mol. The van der Waals surface area contributed by atoms with Gasteiger partial charge in [-0.2, -0.15) is 0 Å². The van der Waals surface area contributed by atoms with E-state index in [0.29, 0.717) is 6.61 Å². The summed E-state index contributed by atoms with van der Waals surface area (Å²) >= 11 is 11.7. The zero-order valence-electron chi connectivity index (χ0n) is 8.64. The summed E-state index contributed by atoms with van der Waals surface area (Å²) < 4.78 is 14.0. The Morgan fingerprint density at radius 1 is 1.60 bits per heavy atom. The highest BCUT2D eigenvalue weighted by molar-refractivity contribution is 14.1. The first-order valence-corrected chi connectivity index (χ1v) is 14.4. The van der Waals surface area contributed by atoms with Gasteiger partial charge in [-0.3, -0.25) is 0 Å². The quantitative estimate of drug-likeness (QED) is 0.275. The molecule has 0 amide bonds. The third-order valence-corrected chi connectivity index (χ3v) is 11.5. The van der Waals surface area contributed by atoms with Crippen molar-refractivity contribution in [2.75, 3.05) is 13.7 Å². The molecule has 85 valence electrons. The van der Waals surface area contributed by atoms with Gasteiger partial charge in [0.15, 0.2) is 0 Å². The molecule has 1 radical (unpaired) electrons. The van der Waals surface area contributed by atoms with Crippen molar-refractivity contribution in [3.8, 4) is 12.0 Å². The minimum Gasteiger partial charge on any atom is -0.457 e. The average Bonchev–Trinajstić information content (AvgIpc) is 2.12. The maximum Gasteiger partial charge on any atom is 0.508 e. The number of hydrogen-bond acceptors (Lipinski definition) is 3. The Morgan fingerprint density at radius 2 is 2.20 bits per heavy atom. The molecule has 0 aromatic heterocycles. The molecule has 2 unspecified atom stereocenters. The normalized spacial score (nSPS) is 18.0. The van der Waals surface area contributed by atoms with E-state index in [9.17, 15) is 0 Å². The van der Waals surface area contributed by atoms with Crippen molar-refractivity contribution >= 4 is 66.7 Å². The molecule has 0 aromatic carbocycles. The van der Waals surface area contributed by atoms with E-state index in [2.05, 4.69) is 49.1 Å². The summed E-state index contributed by atoms with van der Waals surface area (Å²) in [7, 11) is -1.31. The lowest BCUT2D eigenvalue weighted by Crippen LogP contribution is -2.56. The molecule has 0 aliphatic rings. The predicted molar refractivity (Wildman–Crippen MR) is 79.2 cm³/mol. The van der Waals surface area contributed by atoms with Crippen LogP contribution in [0.1, 0.15) is 13.8 Å². The van der Waals surface area contributed by atoms with Crippen molar-refractivity contribution in [1.82, 2.24) is 0 Å². The molecule has 2 atom stereocenters. The third kappa shape index (κ3) is 7.25. The smallest absolute Gasteiger partial charge is 0.457 e. The second-order valence-electron chi connectivity index (χ2n) is 2.38. The Bertz CT molecular complexity index is 257. The van der Waals surface area contributed by atoms with Crippen LogP contribution in [-0.2, 0) is 13.3 Å². The number of hydrogen-bond donors (Lipinski definition) is 0. The molecule has 0 aromatic rings. The molecule has 15 heavy (non-hydrogen) atoms. The minimum atomic E-state index is -2.85. The summed E-state index contributed by atoms with van der Waals surface area (Å²) in [5.74, 6) is 2.64. The molecule has 0 heterocycles.